The maximum absolute atomic E-state index is 13.4. The van der Waals surface area contributed by atoms with Crippen LogP contribution in [0.1, 0.15) is 48.0 Å². The number of carbonyl (C=O) groups excluding carboxylic acids is 2. The van der Waals surface area contributed by atoms with Gasteiger partial charge in [0.05, 0.1) is 5.52 Å². The molecule has 0 spiro atoms. The molecule has 0 unspecified atom stereocenters. The Morgan fingerprint density at radius 1 is 0.977 bits per heavy atom. The van der Waals surface area contributed by atoms with Crippen LogP contribution in [-0.4, -0.2) is 29.0 Å². The number of hydrogen-bond acceptors (Lipinski definition) is 6. The number of amides is 3. The van der Waals surface area contributed by atoms with Crippen molar-refractivity contribution in [2.45, 2.75) is 34.1 Å². The van der Waals surface area contributed by atoms with Crippen molar-refractivity contribution in [3.8, 4) is 11.5 Å². The summed E-state index contributed by atoms with van der Waals surface area (Å²) in [4.78, 5) is 33.8. The highest BCUT2D eigenvalue weighted by Gasteiger charge is 2.17. The molecule has 0 radical (unpaired) electrons. The molecule has 0 aliphatic carbocycles. The van der Waals surface area contributed by atoms with Crippen molar-refractivity contribution in [3.63, 3.8) is 0 Å². The Labute approximate surface area is 262 Å². The molecule has 4 N–H and O–H groups in total. The van der Waals surface area contributed by atoms with E-state index in [4.69, 9.17) is 4.74 Å². The van der Waals surface area contributed by atoms with Gasteiger partial charge in [0, 0.05) is 46.5 Å². The zero-order valence-corrected chi connectivity index (χ0v) is 25.7. The van der Waals surface area contributed by atoms with E-state index in [1.54, 1.807) is 43.6 Å². The van der Waals surface area contributed by atoms with E-state index in [0.29, 0.717) is 29.4 Å². The smallest absolute Gasteiger partial charge is 0.324 e. The lowest BCUT2D eigenvalue weighted by atomic mass is 9.86. The van der Waals surface area contributed by atoms with Crippen LogP contribution >= 0.6 is 0 Å². The van der Waals surface area contributed by atoms with Crippen LogP contribution in [0.4, 0.5) is 16.2 Å². The quantitative estimate of drug-likeness (QED) is 0.137. The number of fused-ring (bicyclic) bond motifs is 1. The molecule has 232 valence electrons. The summed E-state index contributed by atoms with van der Waals surface area (Å²) in [5.41, 5.74) is 4.23. The van der Waals surface area contributed by atoms with E-state index in [9.17, 15) is 9.59 Å². The lowest BCUT2D eigenvalue weighted by Crippen LogP contribution is -2.32. The second-order valence-electron chi connectivity index (χ2n) is 11.0. The van der Waals surface area contributed by atoms with Gasteiger partial charge in [0.25, 0.3) is 5.91 Å². The molecule has 0 atom stereocenters. The summed E-state index contributed by atoms with van der Waals surface area (Å²) in [5, 5.41) is 12.9. The van der Waals surface area contributed by atoms with Crippen molar-refractivity contribution >= 4 is 34.2 Å². The van der Waals surface area contributed by atoms with E-state index >= 15 is 0 Å². The highest BCUT2D eigenvalue weighted by Crippen LogP contribution is 2.29. The van der Waals surface area contributed by atoms with Gasteiger partial charge in [0.1, 0.15) is 23.0 Å². The summed E-state index contributed by atoms with van der Waals surface area (Å²) in [5.74, 6) is 1.24. The normalized spacial score (nSPS) is 11.9. The highest BCUT2D eigenvalue weighted by atomic mass is 16.5. The van der Waals surface area contributed by atoms with Gasteiger partial charge in [-0.3, -0.25) is 20.1 Å². The van der Waals surface area contributed by atoms with E-state index in [1.807, 2.05) is 55.5 Å². The molecular weight excluding hydrogens is 552 g/mol. The van der Waals surface area contributed by atoms with Gasteiger partial charge in [0.2, 0.25) is 0 Å². The Balaban J connectivity index is 0.00000368. The maximum Gasteiger partial charge on any atom is 0.324 e. The number of nitrogens with one attached hydrogen (secondary N) is 4. The van der Waals surface area contributed by atoms with Gasteiger partial charge in [-0.15, -0.1) is 0 Å². The number of nitrogens with zero attached hydrogens (tertiary/aromatic N) is 2. The fourth-order valence-corrected chi connectivity index (χ4v) is 4.40. The second kappa shape index (κ2) is 14.2. The summed E-state index contributed by atoms with van der Waals surface area (Å²) in [6.45, 7) is 12.1. The predicted octanol–water partition coefficient (Wildman–Crippen LogP) is 8.32. The molecule has 0 bridgehead atoms. The van der Waals surface area contributed by atoms with Crippen molar-refractivity contribution in [1.82, 2.24) is 20.6 Å². The molecule has 9 nitrogen and oxygen atoms in total. The van der Waals surface area contributed by atoms with Crippen LogP contribution in [0.2, 0.25) is 0 Å². The number of carbonyl (C=O) groups is 2. The summed E-state index contributed by atoms with van der Waals surface area (Å²) >= 11 is 0. The lowest BCUT2D eigenvalue weighted by Gasteiger charge is -2.22. The third-order valence-corrected chi connectivity index (χ3v) is 6.73. The molecule has 4 rings (SSSR count). The molecule has 3 amide bonds. The van der Waals surface area contributed by atoms with Crippen molar-refractivity contribution < 1.29 is 18.6 Å². The molecular formula is C35H44N6O3. The number of anilines is 2. The largest absolute Gasteiger partial charge is 0.457 e. The zero-order valence-electron chi connectivity index (χ0n) is 25.7. The standard InChI is InChI=1S/C35H38N6O3.3H2/c1-7-10-25(35(3,4)5)21-32(39-26-12-14-29-24(19-26)11-9-17-37-29)41-34(43)40-30-15-13-27(20-23(30)8-2)44-28-16-18-38-31(22-28)33(42)36-6;;;/h7,9-22,39H,1,8H2,2-6H3,(H,36,42)(H2,40,41,43);3*1H/b25-10?,32-21+;;;. The van der Waals surface area contributed by atoms with Crippen LogP contribution in [0.5, 0.6) is 11.5 Å². The minimum atomic E-state index is -0.411. The van der Waals surface area contributed by atoms with Crippen LogP contribution < -0.4 is 26.0 Å². The Hall–Kier alpha value is -5.44. The van der Waals surface area contributed by atoms with Crippen LogP contribution in [-0.2, 0) is 6.42 Å². The van der Waals surface area contributed by atoms with Crippen molar-refractivity contribution in [3.05, 3.63) is 121 Å². The van der Waals surface area contributed by atoms with Gasteiger partial charge in [-0.25, -0.2) is 4.79 Å². The Kier molecular flexibility index (Phi) is 10.1. The first-order valence-corrected chi connectivity index (χ1v) is 14.3. The van der Waals surface area contributed by atoms with E-state index in [1.165, 1.54) is 6.20 Å². The number of allylic oxidation sites excluding steroid dienone is 4. The molecule has 0 saturated carbocycles. The van der Waals surface area contributed by atoms with E-state index in [2.05, 4.69) is 58.6 Å². The first-order valence-electron chi connectivity index (χ1n) is 14.3. The molecule has 4 aromatic rings. The molecule has 0 aliphatic heterocycles. The molecule has 0 saturated heterocycles. The average Bonchev–Trinajstić information content (AvgIpc) is 3.00. The van der Waals surface area contributed by atoms with Crippen molar-refractivity contribution in [1.29, 1.82) is 0 Å². The minimum absolute atomic E-state index is 0. The molecule has 0 aliphatic rings. The van der Waals surface area contributed by atoms with Gasteiger partial charge in [-0.05, 0) is 77.6 Å². The molecule has 2 heterocycles. The number of rotatable bonds is 10. The minimum Gasteiger partial charge on any atom is -0.457 e. The van der Waals surface area contributed by atoms with E-state index in [0.717, 1.165) is 27.7 Å². The highest BCUT2D eigenvalue weighted by molar-refractivity contribution is 5.93. The fraction of sp³-hybridized carbons (Fsp3) is 0.200. The number of pyridine rings is 2. The molecule has 2 aromatic carbocycles. The summed E-state index contributed by atoms with van der Waals surface area (Å²) in [6.07, 6.45) is 9.50. The molecule has 0 fully saturated rings. The van der Waals surface area contributed by atoms with Crippen LogP contribution in [0, 0.1) is 5.41 Å². The van der Waals surface area contributed by atoms with Crippen molar-refractivity contribution in [2.24, 2.45) is 5.41 Å². The fourth-order valence-electron chi connectivity index (χ4n) is 4.40. The van der Waals surface area contributed by atoms with Crippen LogP contribution in [0.25, 0.3) is 10.9 Å². The van der Waals surface area contributed by atoms with Crippen LogP contribution in [0.15, 0.2) is 109 Å². The Morgan fingerprint density at radius 2 is 1.77 bits per heavy atom. The molecule has 9 heteroatoms. The Bertz CT molecular complexity index is 1750. The SMILES string of the molecule is C=CC=C(/C=C(/NC(=O)Nc1ccc(Oc2ccnc(C(=O)NC)c2)cc1CC)Nc1ccc2ncccc2c1)C(C)(C)C.[HH].[HH].[HH]. The number of benzene rings is 2. The predicted molar refractivity (Wildman–Crippen MR) is 183 cm³/mol. The number of hydrogen-bond donors (Lipinski definition) is 4. The van der Waals surface area contributed by atoms with Gasteiger partial charge in [-0.2, -0.15) is 0 Å². The van der Waals surface area contributed by atoms with Gasteiger partial charge >= 0.3 is 6.03 Å². The zero-order chi connectivity index (χ0) is 31.7. The lowest BCUT2D eigenvalue weighted by molar-refractivity contribution is 0.0957. The first-order chi connectivity index (χ1) is 21.1. The number of ether oxygens (including phenoxy) is 1. The summed E-state index contributed by atoms with van der Waals surface area (Å²) in [6, 6.07) is 18.0. The van der Waals surface area contributed by atoms with Gasteiger partial charge in [-0.1, -0.05) is 52.5 Å². The number of urea groups is 1. The number of aryl methyl sites for hydroxylation is 1. The first kappa shape index (κ1) is 31.5. The third kappa shape index (κ3) is 8.32. The average molecular weight is 597 g/mol. The Morgan fingerprint density at radius 3 is 2.50 bits per heavy atom. The van der Waals surface area contributed by atoms with Gasteiger partial charge in [0.15, 0.2) is 0 Å². The topological polar surface area (TPSA) is 117 Å². The van der Waals surface area contributed by atoms with E-state index in [-0.39, 0.29) is 21.3 Å². The third-order valence-electron chi connectivity index (χ3n) is 6.73. The second-order valence-corrected chi connectivity index (χ2v) is 11.0. The van der Waals surface area contributed by atoms with Crippen LogP contribution in [0.3, 0.4) is 0 Å². The maximum atomic E-state index is 13.4. The number of aromatic nitrogens is 2. The molecule has 44 heavy (non-hydrogen) atoms. The summed E-state index contributed by atoms with van der Waals surface area (Å²) < 4.78 is 5.99. The van der Waals surface area contributed by atoms with E-state index < -0.39 is 6.03 Å². The monoisotopic (exact) mass is 596 g/mol. The summed E-state index contributed by atoms with van der Waals surface area (Å²) in [7, 11) is 1.55. The van der Waals surface area contributed by atoms with Gasteiger partial charge < -0.3 is 20.7 Å². The molecule has 2 aromatic heterocycles. The van der Waals surface area contributed by atoms with Crippen molar-refractivity contribution in [2.75, 3.05) is 17.7 Å².